The fourth-order valence-corrected chi connectivity index (χ4v) is 9.45. The summed E-state index contributed by atoms with van der Waals surface area (Å²) in [5.74, 6) is -5.42. The van der Waals surface area contributed by atoms with Gasteiger partial charge in [0.25, 0.3) is 5.88 Å². The summed E-state index contributed by atoms with van der Waals surface area (Å²) >= 11 is 0. The molecule has 314 valence electrons. The molecule has 3 aliphatic rings. The van der Waals surface area contributed by atoms with Crippen LogP contribution in [0.25, 0.3) is 0 Å². The number of ketones is 2. The number of benzene rings is 5. The van der Waals surface area contributed by atoms with E-state index in [-0.39, 0.29) is 90.0 Å². The Kier molecular flexibility index (Phi) is 10.8. The van der Waals surface area contributed by atoms with Gasteiger partial charge in [0, 0.05) is 30.1 Å². The van der Waals surface area contributed by atoms with Crippen LogP contribution >= 0.6 is 0 Å². The van der Waals surface area contributed by atoms with E-state index in [1.165, 1.54) is 0 Å². The predicted molar refractivity (Wildman–Crippen MR) is 228 cm³/mol. The largest absolute Gasteiger partial charge is 0.508 e. The zero-order chi connectivity index (χ0) is 43.1. The van der Waals surface area contributed by atoms with Gasteiger partial charge in [-0.2, -0.15) is 0 Å². The van der Waals surface area contributed by atoms with Crippen molar-refractivity contribution in [1.29, 1.82) is 0 Å². The molecule has 1 aromatic heterocycles. The molecule has 2 N–H and O–H groups in total. The molecule has 0 saturated carbocycles. The van der Waals surface area contributed by atoms with E-state index in [0.717, 1.165) is 22.3 Å². The molecule has 0 spiro atoms. The van der Waals surface area contributed by atoms with Crippen LogP contribution in [-0.4, -0.2) is 57.8 Å². The van der Waals surface area contributed by atoms with E-state index in [0.29, 0.717) is 6.29 Å². The summed E-state index contributed by atoms with van der Waals surface area (Å²) < 4.78 is 35.8. The monoisotopic (exact) mass is 833 g/mol. The van der Waals surface area contributed by atoms with E-state index in [4.69, 9.17) is 14.0 Å². The summed E-state index contributed by atoms with van der Waals surface area (Å²) in [6.45, 7) is 0.408. The van der Waals surface area contributed by atoms with E-state index in [1.807, 2.05) is 126 Å². The fraction of sp³-hybridized carbons (Fsp3) is 0.240. The first-order valence-electron chi connectivity index (χ1n) is 20.5. The molecule has 0 amide bonds. The van der Waals surface area contributed by atoms with Crippen LogP contribution in [0.4, 0.5) is 10.1 Å². The third kappa shape index (κ3) is 6.94. The quantitative estimate of drug-likeness (QED) is 0.108. The van der Waals surface area contributed by atoms with Gasteiger partial charge in [-0.15, -0.1) is 0 Å². The SMILES string of the molecule is CN(C)[C@@H]1c2onc(OCc3ccccc3)c2C(=O)[C@@]2(O)C(O)=C3C(=O)c4c(c(F)c(C=O)c(N(Cc5ccccc5)Cc5ccccc5)c4OCc4ccccc4)C[C@H]3C[C@@H]12. The average molecular weight is 834 g/mol. The highest BCUT2D eigenvalue weighted by Crippen LogP contribution is 2.57. The van der Waals surface area contributed by atoms with Gasteiger partial charge in [0.15, 0.2) is 29.2 Å². The molecule has 9 rings (SSSR count). The summed E-state index contributed by atoms with van der Waals surface area (Å²) in [5.41, 5.74) is -0.162. The molecule has 1 heterocycles. The number of fused-ring (bicyclic) bond motifs is 4. The maximum atomic E-state index is 17.4. The number of rotatable bonds is 13. The van der Waals surface area contributed by atoms with E-state index < -0.39 is 46.6 Å². The molecular formula is C50H44FN3O8. The molecule has 12 heteroatoms. The van der Waals surface area contributed by atoms with Gasteiger partial charge >= 0.3 is 0 Å². The van der Waals surface area contributed by atoms with Crippen molar-refractivity contribution in [2.45, 2.75) is 50.8 Å². The lowest BCUT2D eigenvalue weighted by Crippen LogP contribution is -2.59. The molecule has 0 unspecified atom stereocenters. The molecule has 62 heavy (non-hydrogen) atoms. The lowest BCUT2D eigenvalue weighted by atomic mass is 9.58. The number of aromatic nitrogens is 1. The first-order valence-corrected chi connectivity index (χ1v) is 20.5. The molecular weight excluding hydrogens is 790 g/mol. The van der Waals surface area contributed by atoms with Crippen LogP contribution in [0, 0.1) is 17.7 Å². The van der Waals surface area contributed by atoms with Crippen LogP contribution in [-0.2, 0) is 32.7 Å². The van der Waals surface area contributed by atoms with Gasteiger partial charge in [0.2, 0.25) is 5.78 Å². The van der Waals surface area contributed by atoms with Crippen LogP contribution in [0.2, 0.25) is 0 Å². The standard InChI is InChI=1S/C50H44FN3O8/c1-53(2)43-37-24-34-23-35-39(44(56)38(34)47(57)50(37,59)48(58)40-46(43)62-52-49(40)61-29-33-21-13-6-14-22-33)45(60-28-32-19-11-5-12-20-32)42(36(27-55)41(35)51)54(25-30-15-7-3-8-16-30)26-31-17-9-4-10-18-31/h3-22,27,34,37,43,57,59H,23-26,28-29H2,1-2H3/t34-,37-,43-,50-/m0/s1. The number of aldehydes is 1. The highest BCUT2D eigenvalue weighted by molar-refractivity contribution is 6.17. The maximum absolute atomic E-state index is 17.4. The summed E-state index contributed by atoms with van der Waals surface area (Å²) in [5, 5.41) is 29.2. The third-order valence-electron chi connectivity index (χ3n) is 12.3. The number of hydrogen-bond donors (Lipinski definition) is 2. The molecule has 4 atom stereocenters. The predicted octanol–water partition coefficient (Wildman–Crippen LogP) is 8.41. The number of anilines is 1. The molecule has 11 nitrogen and oxygen atoms in total. The van der Waals surface area contributed by atoms with Crippen molar-refractivity contribution in [1.82, 2.24) is 10.1 Å². The second kappa shape index (κ2) is 16.5. The highest BCUT2D eigenvalue weighted by atomic mass is 19.1. The van der Waals surface area contributed by atoms with Crippen molar-refractivity contribution in [3.8, 4) is 11.6 Å². The molecule has 0 saturated heterocycles. The van der Waals surface area contributed by atoms with Gasteiger partial charge < -0.3 is 29.1 Å². The minimum Gasteiger partial charge on any atom is -0.508 e. The van der Waals surface area contributed by atoms with E-state index >= 15 is 9.18 Å². The van der Waals surface area contributed by atoms with Crippen molar-refractivity contribution in [2.75, 3.05) is 19.0 Å². The van der Waals surface area contributed by atoms with E-state index in [2.05, 4.69) is 5.16 Å². The van der Waals surface area contributed by atoms with Crippen LogP contribution < -0.4 is 14.4 Å². The van der Waals surface area contributed by atoms with E-state index in [9.17, 15) is 19.8 Å². The Bertz CT molecular complexity index is 2650. The van der Waals surface area contributed by atoms with Gasteiger partial charge in [-0.3, -0.25) is 19.3 Å². The number of aliphatic hydroxyl groups excluding tert-OH is 1. The fourth-order valence-electron chi connectivity index (χ4n) is 9.45. The summed E-state index contributed by atoms with van der Waals surface area (Å²) in [7, 11) is 3.47. The molecule has 3 aliphatic carbocycles. The van der Waals surface area contributed by atoms with Crippen molar-refractivity contribution >= 4 is 23.5 Å². The lowest BCUT2D eigenvalue weighted by Gasteiger charge is -2.49. The normalized spacial score (nSPS) is 20.2. The zero-order valence-corrected chi connectivity index (χ0v) is 34.2. The Balaban J connectivity index is 1.21. The topological polar surface area (TPSA) is 143 Å². The summed E-state index contributed by atoms with van der Waals surface area (Å²) in [6.07, 6.45) is 0.297. The minimum atomic E-state index is -2.61. The van der Waals surface area contributed by atoms with Gasteiger partial charge in [0.1, 0.15) is 30.4 Å². The molecule has 0 aliphatic heterocycles. The highest BCUT2D eigenvalue weighted by Gasteiger charge is 2.64. The molecule has 0 fully saturated rings. The van der Waals surface area contributed by atoms with Crippen molar-refractivity contribution < 1.29 is 43.0 Å². The third-order valence-corrected chi connectivity index (χ3v) is 12.3. The smallest absolute Gasteiger partial charge is 0.265 e. The summed E-state index contributed by atoms with van der Waals surface area (Å²) in [6, 6.07) is 36.6. The minimum absolute atomic E-state index is 0.0258. The van der Waals surface area contributed by atoms with Crippen molar-refractivity contribution in [2.24, 2.45) is 11.8 Å². The molecule has 0 bridgehead atoms. The average Bonchev–Trinajstić information content (AvgIpc) is 3.71. The Morgan fingerprint density at radius 3 is 1.87 bits per heavy atom. The summed E-state index contributed by atoms with van der Waals surface area (Å²) in [4.78, 5) is 46.9. The Morgan fingerprint density at radius 1 is 0.806 bits per heavy atom. The van der Waals surface area contributed by atoms with Crippen LogP contribution in [0.1, 0.15) is 77.1 Å². The second-order valence-electron chi connectivity index (χ2n) is 16.3. The number of nitrogens with zero attached hydrogens (tertiary/aromatic N) is 3. The number of aliphatic hydroxyl groups is 2. The van der Waals surface area contributed by atoms with Crippen LogP contribution in [0.3, 0.4) is 0 Å². The number of carbonyl (C=O) groups excluding carboxylic acids is 3. The number of hydrogen-bond acceptors (Lipinski definition) is 11. The number of halogens is 1. The first kappa shape index (κ1) is 40.5. The number of allylic oxidation sites excluding steroid dienone is 1. The Hall–Kier alpha value is -6.89. The number of Topliss-reactive ketones (excluding diaryl/α,β-unsaturated/α-hetero) is 2. The van der Waals surface area contributed by atoms with Gasteiger partial charge in [0.05, 0.1) is 22.9 Å². The first-order chi connectivity index (χ1) is 30.1. The van der Waals surface area contributed by atoms with Crippen molar-refractivity contribution in [3.05, 3.63) is 189 Å². The second-order valence-corrected chi connectivity index (χ2v) is 16.3. The van der Waals surface area contributed by atoms with Crippen LogP contribution in [0.15, 0.2) is 137 Å². The Labute approximate surface area is 357 Å². The lowest BCUT2D eigenvalue weighted by molar-refractivity contribution is -0.0559. The Morgan fingerprint density at radius 2 is 1.34 bits per heavy atom. The molecule has 6 aromatic rings. The molecule has 0 radical (unpaired) electrons. The molecule has 5 aromatic carbocycles. The number of carbonyl (C=O) groups is 3. The number of ether oxygens (including phenoxy) is 2. The van der Waals surface area contributed by atoms with Crippen LogP contribution in [0.5, 0.6) is 11.6 Å². The zero-order valence-electron chi connectivity index (χ0n) is 34.2. The van der Waals surface area contributed by atoms with Gasteiger partial charge in [-0.05, 0) is 60.3 Å². The van der Waals surface area contributed by atoms with Crippen molar-refractivity contribution in [3.63, 3.8) is 0 Å². The van der Waals surface area contributed by atoms with Gasteiger partial charge in [-0.1, -0.05) is 121 Å². The van der Waals surface area contributed by atoms with Gasteiger partial charge in [-0.25, -0.2) is 4.39 Å². The van der Waals surface area contributed by atoms with E-state index in [1.54, 1.807) is 19.0 Å². The maximum Gasteiger partial charge on any atom is 0.265 e.